The number of aliphatic hydroxyl groups is 2. The zero-order valence-electron chi connectivity index (χ0n) is 12.1. The van der Waals surface area contributed by atoms with Crippen LogP contribution in [0.15, 0.2) is 35.2 Å². The molecule has 21 heavy (non-hydrogen) atoms. The molecule has 0 spiro atoms. The van der Waals surface area contributed by atoms with Crippen molar-refractivity contribution < 1.29 is 19.7 Å². The molecule has 2 saturated heterocycles. The molecule has 4 atom stereocenters. The van der Waals surface area contributed by atoms with Crippen LogP contribution >= 0.6 is 11.8 Å². The minimum Gasteiger partial charge on any atom is -0.389 e. The van der Waals surface area contributed by atoms with Gasteiger partial charge in [-0.25, -0.2) is 0 Å². The van der Waals surface area contributed by atoms with Crippen LogP contribution < -0.4 is 0 Å². The Bertz CT molecular complexity index is 528. The number of ether oxygens (including phenoxy) is 2. The fraction of sp³-hybridized carbons (Fsp3) is 0.500. The largest absolute Gasteiger partial charge is 0.389 e. The van der Waals surface area contributed by atoms with Crippen molar-refractivity contribution in [3.05, 3.63) is 40.8 Å². The van der Waals surface area contributed by atoms with Gasteiger partial charge >= 0.3 is 0 Å². The topological polar surface area (TPSA) is 58.9 Å². The van der Waals surface area contributed by atoms with Crippen LogP contribution in [-0.4, -0.2) is 46.2 Å². The van der Waals surface area contributed by atoms with Gasteiger partial charge in [-0.1, -0.05) is 30.3 Å². The van der Waals surface area contributed by atoms with Crippen molar-refractivity contribution >= 4 is 17.8 Å². The summed E-state index contributed by atoms with van der Waals surface area (Å²) in [5.41, 5.74) is 1.02. The van der Waals surface area contributed by atoms with E-state index in [1.165, 1.54) is 11.8 Å². The van der Waals surface area contributed by atoms with Gasteiger partial charge in [0.1, 0.15) is 18.3 Å². The van der Waals surface area contributed by atoms with Crippen molar-refractivity contribution in [2.75, 3.05) is 5.75 Å². The van der Waals surface area contributed by atoms with Crippen molar-refractivity contribution in [1.82, 2.24) is 0 Å². The molecule has 2 N–H and O–H groups in total. The number of hydrogen-bond acceptors (Lipinski definition) is 5. The highest BCUT2D eigenvalue weighted by Crippen LogP contribution is 2.40. The smallest absolute Gasteiger partial charge is 0.164 e. The zero-order valence-corrected chi connectivity index (χ0v) is 12.9. The normalized spacial score (nSPS) is 37.2. The first-order chi connectivity index (χ1) is 9.96. The third-order valence-electron chi connectivity index (χ3n) is 3.67. The van der Waals surface area contributed by atoms with E-state index in [1.54, 1.807) is 13.8 Å². The van der Waals surface area contributed by atoms with E-state index in [0.717, 1.165) is 10.5 Å². The van der Waals surface area contributed by atoms with Crippen molar-refractivity contribution in [2.24, 2.45) is 0 Å². The summed E-state index contributed by atoms with van der Waals surface area (Å²) >= 11 is 1.45. The Morgan fingerprint density at radius 2 is 1.81 bits per heavy atom. The number of thioether (sulfide) groups is 1. The molecule has 114 valence electrons. The van der Waals surface area contributed by atoms with Gasteiger partial charge in [0.2, 0.25) is 0 Å². The van der Waals surface area contributed by atoms with Gasteiger partial charge in [-0.2, -0.15) is 0 Å². The first-order valence-electron chi connectivity index (χ1n) is 7.07. The second-order valence-corrected chi connectivity index (χ2v) is 6.94. The predicted octanol–water partition coefficient (Wildman–Crippen LogP) is 2.02. The van der Waals surface area contributed by atoms with Crippen LogP contribution in [0, 0.1) is 0 Å². The third-order valence-corrected chi connectivity index (χ3v) is 4.88. The predicted molar refractivity (Wildman–Crippen MR) is 82.7 cm³/mol. The lowest BCUT2D eigenvalue weighted by molar-refractivity contribution is -0.158. The van der Waals surface area contributed by atoms with E-state index in [2.05, 4.69) is 0 Å². The number of fused-ring (bicyclic) bond motifs is 1. The van der Waals surface area contributed by atoms with E-state index < -0.39 is 30.2 Å². The fourth-order valence-electron chi connectivity index (χ4n) is 2.72. The van der Waals surface area contributed by atoms with Crippen LogP contribution in [0.2, 0.25) is 0 Å². The summed E-state index contributed by atoms with van der Waals surface area (Å²) in [7, 11) is 0. The Labute approximate surface area is 128 Å². The third kappa shape index (κ3) is 3.17. The van der Waals surface area contributed by atoms with E-state index in [-0.39, 0.29) is 0 Å². The quantitative estimate of drug-likeness (QED) is 0.831. The molecule has 5 heteroatoms. The number of rotatable bonds is 1. The van der Waals surface area contributed by atoms with E-state index in [4.69, 9.17) is 9.47 Å². The molecule has 4 nitrogen and oxygen atoms in total. The van der Waals surface area contributed by atoms with Gasteiger partial charge in [0, 0.05) is 10.7 Å². The molecular formula is C16H20O4S. The van der Waals surface area contributed by atoms with Crippen molar-refractivity contribution in [1.29, 1.82) is 0 Å². The summed E-state index contributed by atoms with van der Waals surface area (Å²) in [6.45, 7) is 3.60. The first kappa shape index (κ1) is 15.1. The number of aliphatic hydroxyl groups excluding tert-OH is 2. The van der Waals surface area contributed by atoms with Gasteiger partial charge in [-0.15, -0.1) is 11.8 Å². The van der Waals surface area contributed by atoms with Crippen LogP contribution in [0.4, 0.5) is 0 Å². The van der Waals surface area contributed by atoms with Crippen LogP contribution in [0.3, 0.4) is 0 Å². The maximum atomic E-state index is 10.6. The summed E-state index contributed by atoms with van der Waals surface area (Å²) in [6.07, 6.45) is -0.541. The van der Waals surface area contributed by atoms with E-state index >= 15 is 0 Å². The minimum absolute atomic E-state index is 0.482. The van der Waals surface area contributed by atoms with Crippen LogP contribution in [-0.2, 0) is 9.47 Å². The lowest BCUT2D eigenvalue weighted by Crippen LogP contribution is -2.41. The molecule has 1 aromatic carbocycles. The maximum absolute atomic E-state index is 10.6. The zero-order chi connectivity index (χ0) is 15.0. The van der Waals surface area contributed by atoms with E-state index in [0.29, 0.717) is 5.75 Å². The Morgan fingerprint density at radius 1 is 1.14 bits per heavy atom. The van der Waals surface area contributed by atoms with E-state index in [1.807, 2.05) is 36.4 Å². The highest BCUT2D eigenvalue weighted by molar-refractivity contribution is 8.03. The Balaban J connectivity index is 1.89. The molecule has 2 aliphatic rings. The Morgan fingerprint density at radius 3 is 2.52 bits per heavy atom. The molecular weight excluding hydrogens is 288 g/mol. The molecule has 0 saturated carbocycles. The van der Waals surface area contributed by atoms with Crippen LogP contribution in [0.25, 0.3) is 6.08 Å². The standard InChI is InChI=1S/C16H20O4S/c1-16(2)19-14-11(17)9-21-12(13(18)15(14)20-16)8-10-6-4-3-5-7-10/h3-8,11,13-15,17-18H,9H2,1-2H3/b12-8+/t11-,13-,14-,15-/m0/s1. The Kier molecular flexibility index (Phi) is 4.12. The van der Waals surface area contributed by atoms with Crippen molar-refractivity contribution in [2.45, 2.75) is 44.1 Å². The summed E-state index contributed by atoms with van der Waals surface area (Å²) in [6, 6.07) is 9.82. The second kappa shape index (κ2) is 5.74. The summed E-state index contributed by atoms with van der Waals surface area (Å²) in [5.74, 6) is -0.298. The molecule has 3 rings (SSSR count). The lowest BCUT2D eigenvalue weighted by Gasteiger charge is -2.21. The number of hydrogen-bond donors (Lipinski definition) is 2. The van der Waals surface area contributed by atoms with Gasteiger partial charge in [-0.05, 0) is 25.5 Å². The molecule has 0 unspecified atom stereocenters. The molecule has 2 heterocycles. The second-order valence-electron chi connectivity index (χ2n) is 5.85. The fourth-order valence-corrected chi connectivity index (χ4v) is 3.80. The monoisotopic (exact) mass is 308 g/mol. The molecule has 0 radical (unpaired) electrons. The van der Waals surface area contributed by atoms with Crippen LogP contribution in [0.1, 0.15) is 19.4 Å². The average Bonchev–Trinajstić information content (AvgIpc) is 2.75. The van der Waals surface area contributed by atoms with Gasteiger partial charge in [0.25, 0.3) is 0 Å². The SMILES string of the molecule is CC1(C)O[C@@H]2[C@@H](O1)[C@@H](O)/C(=C\c1ccccc1)SC[C@@H]2O. The van der Waals surface area contributed by atoms with E-state index in [9.17, 15) is 10.2 Å². The summed E-state index contributed by atoms with van der Waals surface area (Å²) in [5, 5.41) is 20.9. The van der Waals surface area contributed by atoms with Gasteiger partial charge in [0.15, 0.2) is 5.79 Å². The summed E-state index contributed by atoms with van der Waals surface area (Å²) in [4.78, 5) is 0.800. The summed E-state index contributed by atoms with van der Waals surface area (Å²) < 4.78 is 11.5. The molecule has 0 aromatic heterocycles. The van der Waals surface area contributed by atoms with Crippen LogP contribution in [0.5, 0.6) is 0 Å². The average molecular weight is 308 g/mol. The maximum Gasteiger partial charge on any atom is 0.164 e. The minimum atomic E-state index is -0.792. The van der Waals surface area contributed by atoms with Gasteiger partial charge < -0.3 is 19.7 Å². The highest BCUT2D eigenvalue weighted by Gasteiger charge is 2.50. The molecule has 0 bridgehead atoms. The molecule has 2 fully saturated rings. The van der Waals surface area contributed by atoms with Crippen molar-refractivity contribution in [3.8, 4) is 0 Å². The number of benzene rings is 1. The van der Waals surface area contributed by atoms with Gasteiger partial charge in [-0.3, -0.25) is 0 Å². The lowest BCUT2D eigenvalue weighted by atomic mass is 10.0. The molecule has 2 aliphatic heterocycles. The van der Waals surface area contributed by atoms with Gasteiger partial charge in [0.05, 0.1) is 6.10 Å². The Hall–Kier alpha value is -0.850. The first-order valence-corrected chi connectivity index (χ1v) is 8.06. The molecule has 0 amide bonds. The molecule has 1 aromatic rings. The molecule has 0 aliphatic carbocycles. The van der Waals surface area contributed by atoms with Crippen molar-refractivity contribution in [3.63, 3.8) is 0 Å². The highest BCUT2D eigenvalue weighted by atomic mass is 32.2.